The first kappa shape index (κ1) is 14.5. The first-order chi connectivity index (χ1) is 10.8. The molecule has 3 rings (SSSR count). The second-order valence-electron chi connectivity index (χ2n) is 4.86. The lowest BCUT2D eigenvalue weighted by atomic mass is 10.1. The Hall–Kier alpha value is -2.46. The number of carbonyl (C=O) groups excluding carboxylic acids is 1. The van der Waals surface area contributed by atoms with Gasteiger partial charge in [-0.2, -0.15) is 0 Å². The van der Waals surface area contributed by atoms with Crippen molar-refractivity contribution >= 4 is 17.1 Å². The van der Waals surface area contributed by atoms with Gasteiger partial charge in [-0.25, -0.2) is 4.98 Å². The van der Waals surface area contributed by atoms with E-state index in [0.29, 0.717) is 18.0 Å². The molecule has 0 bridgehead atoms. The van der Waals surface area contributed by atoms with Crippen molar-refractivity contribution < 1.29 is 9.53 Å². The number of hydrogen-bond acceptors (Lipinski definition) is 4. The summed E-state index contributed by atoms with van der Waals surface area (Å²) < 4.78 is 5.73. The number of ketones is 1. The van der Waals surface area contributed by atoms with Crippen LogP contribution in [0.2, 0.25) is 0 Å². The smallest absolute Gasteiger partial charge is 0.195 e. The molecular weight excluding hydrogens is 294 g/mol. The van der Waals surface area contributed by atoms with Gasteiger partial charge in [-0.15, -0.1) is 11.3 Å². The van der Waals surface area contributed by atoms with Crippen LogP contribution in [0.25, 0.3) is 0 Å². The Morgan fingerprint density at radius 2 is 1.77 bits per heavy atom. The summed E-state index contributed by atoms with van der Waals surface area (Å²) in [6.45, 7) is 0.540. The summed E-state index contributed by atoms with van der Waals surface area (Å²) in [4.78, 5) is 16.0. The molecule has 0 atom stereocenters. The molecule has 0 aliphatic heterocycles. The zero-order valence-electron chi connectivity index (χ0n) is 11.9. The van der Waals surface area contributed by atoms with Gasteiger partial charge in [0.2, 0.25) is 0 Å². The fourth-order valence-electron chi connectivity index (χ4n) is 2.07. The number of rotatable bonds is 6. The van der Waals surface area contributed by atoms with Crippen LogP contribution in [-0.2, 0) is 13.0 Å². The van der Waals surface area contributed by atoms with Gasteiger partial charge in [-0.1, -0.05) is 42.5 Å². The lowest BCUT2D eigenvalue weighted by Gasteiger charge is -2.07. The number of aromatic nitrogens is 1. The maximum Gasteiger partial charge on any atom is 0.195 e. The Morgan fingerprint density at radius 1 is 1.00 bits per heavy atom. The van der Waals surface area contributed by atoms with Crippen LogP contribution >= 0.6 is 11.3 Å². The van der Waals surface area contributed by atoms with Crippen molar-refractivity contribution in [1.29, 1.82) is 0 Å². The Bertz CT molecular complexity index is 722. The first-order valence-electron chi connectivity index (χ1n) is 6.99. The summed E-state index contributed by atoms with van der Waals surface area (Å²) in [5.74, 6) is 0.849. The normalized spacial score (nSPS) is 10.4. The van der Waals surface area contributed by atoms with Gasteiger partial charge in [0.1, 0.15) is 12.4 Å². The monoisotopic (exact) mass is 309 g/mol. The Balaban J connectivity index is 1.57. The molecule has 3 nitrogen and oxygen atoms in total. The van der Waals surface area contributed by atoms with E-state index in [1.165, 1.54) is 11.3 Å². The van der Waals surface area contributed by atoms with E-state index in [4.69, 9.17) is 4.74 Å². The highest BCUT2D eigenvalue weighted by atomic mass is 32.1. The molecule has 1 heterocycles. The van der Waals surface area contributed by atoms with E-state index in [1.54, 1.807) is 6.20 Å². The minimum Gasteiger partial charge on any atom is -0.489 e. The summed E-state index contributed by atoms with van der Waals surface area (Å²) >= 11 is 1.37. The summed E-state index contributed by atoms with van der Waals surface area (Å²) in [5.41, 5.74) is 2.10. The zero-order chi connectivity index (χ0) is 15.2. The molecule has 1 aromatic heterocycles. The molecule has 0 amide bonds. The highest BCUT2D eigenvalue weighted by Gasteiger charge is 2.09. The third kappa shape index (κ3) is 3.80. The predicted molar refractivity (Wildman–Crippen MR) is 87.4 cm³/mol. The summed E-state index contributed by atoms with van der Waals surface area (Å²) in [6.07, 6.45) is 2.02. The number of ether oxygens (including phenoxy) is 1. The third-order valence-electron chi connectivity index (χ3n) is 3.21. The molecule has 0 saturated heterocycles. The summed E-state index contributed by atoms with van der Waals surface area (Å²) in [6, 6.07) is 17.7. The van der Waals surface area contributed by atoms with Gasteiger partial charge >= 0.3 is 0 Å². The maximum atomic E-state index is 12.0. The van der Waals surface area contributed by atoms with Crippen molar-refractivity contribution in [2.75, 3.05) is 0 Å². The minimum absolute atomic E-state index is 0.0490. The van der Waals surface area contributed by atoms with Crippen LogP contribution < -0.4 is 4.74 Å². The summed E-state index contributed by atoms with van der Waals surface area (Å²) in [5, 5.41) is 2.37. The number of carbonyl (C=O) groups is 1. The molecule has 0 radical (unpaired) electrons. The molecule has 22 heavy (non-hydrogen) atoms. The van der Waals surface area contributed by atoms with Crippen LogP contribution in [0.1, 0.15) is 20.9 Å². The zero-order valence-corrected chi connectivity index (χ0v) is 12.8. The number of benzene rings is 2. The SMILES string of the molecule is O=C(Cc1ccc(OCc2ccccc2)cc1)c1nccs1. The summed E-state index contributed by atoms with van der Waals surface area (Å²) in [7, 11) is 0. The largest absolute Gasteiger partial charge is 0.489 e. The van der Waals surface area contributed by atoms with E-state index in [9.17, 15) is 4.79 Å². The second-order valence-corrected chi connectivity index (χ2v) is 5.75. The number of hydrogen-bond donors (Lipinski definition) is 0. The molecule has 0 spiro atoms. The standard InChI is InChI=1S/C18H15NO2S/c20-17(18-19-10-11-22-18)12-14-6-8-16(9-7-14)21-13-15-4-2-1-3-5-15/h1-11H,12-13H2. The van der Waals surface area contributed by atoms with Crippen LogP contribution in [0.4, 0.5) is 0 Å². The fourth-order valence-corrected chi connectivity index (χ4v) is 2.64. The highest BCUT2D eigenvalue weighted by molar-refractivity contribution is 7.11. The van der Waals surface area contributed by atoms with Gasteiger partial charge in [-0.05, 0) is 23.3 Å². The molecule has 0 saturated carbocycles. The van der Waals surface area contributed by atoms with Crippen molar-refractivity contribution in [3.05, 3.63) is 82.3 Å². The van der Waals surface area contributed by atoms with Gasteiger partial charge < -0.3 is 4.74 Å². The molecule has 2 aromatic carbocycles. The Labute approximate surface area is 133 Å². The lowest BCUT2D eigenvalue weighted by molar-refractivity contribution is 0.0992. The average Bonchev–Trinajstić information content (AvgIpc) is 3.10. The average molecular weight is 309 g/mol. The van der Waals surface area contributed by atoms with Crippen molar-refractivity contribution in [3.63, 3.8) is 0 Å². The topological polar surface area (TPSA) is 39.2 Å². The molecule has 0 aliphatic rings. The Kier molecular flexibility index (Phi) is 4.61. The number of nitrogens with zero attached hydrogens (tertiary/aromatic N) is 1. The molecule has 4 heteroatoms. The first-order valence-corrected chi connectivity index (χ1v) is 7.87. The van der Waals surface area contributed by atoms with Crippen molar-refractivity contribution in [3.8, 4) is 5.75 Å². The van der Waals surface area contributed by atoms with Crippen LogP contribution in [0.15, 0.2) is 66.2 Å². The van der Waals surface area contributed by atoms with Crippen molar-refractivity contribution in [1.82, 2.24) is 4.98 Å². The molecule has 0 N–H and O–H groups in total. The Morgan fingerprint density at radius 3 is 2.45 bits per heavy atom. The predicted octanol–water partition coefficient (Wildman–Crippen LogP) is 4.15. The van der Waals surface area contributed by atoms with E-state index in [2.05, 4.69) is 4.98 Å². The fraction of sp³-hybridized carbons (Fsp3) is 0.111. The molecule has 0 unspecified atom stereocenters. The van der Waals surface area contributed by atoms with E-state index in [-0.39, 0.29) is 5.78 Å². The molecule has 110 valence electrons. The molecule has 3 aromatic rings. The van der Waals surface area contributed by atoms with Crippen molar-refractivity contribution in [2.24, 2.45) is 0 Å². The van der Waals surface area contributed by atoms with Crippen LogP contribution in [0.3, 0.4) is 0 Å². The number of thiazole rings is 1. The van der Waals surface area contributed by atoms with Gasteiger partial charge in [0.15, 0.2) is 10.8 Å². The van der Waals surface area contributed by atoms with Gasteiger partial charge in [0.25, 0.3) is 0 Å². The van der Waals surface area contributed by atoms with E-state index >= 15 is 0 Å². The minimum atomic E-state index is 0.0490. The molecule has 0 fully saturated rings. The second kappa shape index (κ2) is 7.00. The van der Waals surface area contributed by atoms with Crippen LogP contribution in [-0.4, -0.2) is 10.8 Å². The third-order valence-corrected chi connectivity index (χ3v) is 4.02. The van der Waals surface area contributed by atoms with E-state index < -0.39 is 0 Å². The van der Waals surface area contributed by atoms with Crippen LogP contribution in [0, 0.1) is 0 Å². The van der Waals surface area contributed by atoms with Gasteiger partial charge in [0, 0.05) is 18.0 Å². The highest BCUT2D eigenvalue weighted by Crippen LogP contribution is 2.16. The van der Waals surface area contributed by atoms with E-state index in [0.717, 1.165) is 16.9 Å². The van der Waals surface area contributed by atoms with Gasteiger partial charge in [-0.3, -0.25) is 4.79 Å². The maximum absolute atomic E-state index is 12.0. The molecular formula is C18H15NO2S. The van der Waals surface area contributed by atoms with Crippen LogP contribution in [0.5, 0.6) is 5.75 Å². The number of Topliss-reactive ketones (excluding diaryl/α,β-unsaturated/α-hetero) is 1. The van der Waals surface area contributed by atoms with Crippen molar-refractivity contribution in [2.45, 2.75) is 13.0 Å². The lowest BCUT2D eigenvalue weighted by Crippen LogP contribution is -2.02. The van der Waals surface area contributed by atoms with E-state index in [1.807, 2.05) is 60.0 Å². The van der Waals surface area contributed by atoms with Gasteiger partial charge in [0.05, 0.1) is 0 Å². The molecule has 0 aliphatic carbocycles. The quantitative estimate of drug-likeness (QED) is 0.642.